The highest BCUT2D eigenvalue weighted by atomic mass is 35.5. The number of nitrogen functional groups attached to an aromatic ring is 1. The van der Waals surface area contributed by atoms with Crippen molar-refractivity contribution in [3.63, 3.8) is 0 Å². The minimum absolute atomic E-state index is 0.461. The second-order valence-electron chi connectivity index (χ2n) is 5.24. The van der Waals surface area contributed by atoms with Crippen LogP contribution in [0.2, 0.25) is 10.0 Å². The van der Waals surface area contributed by atoms with E-state index in [9.17, 15) is 0 Å². The summed E-state index contributed by atoms with van der Waals surface area (Å²) < 4.78 is 0. The highest BCUT2D eigenvalue weighted by Gasteiger charge is 2.30. The molecule has 0 bridgehead atoms. The van der Waals surface area contributed by atoms with Gasteiger partial charge >= 0.3 is 0 Å². The molecule has 1 aliphatic carbocycles. The van der Waals surface area contributed by atoms with Crippen molar-refractivity contribution in [1.82, 2.24) is 5.32 Å². The van der Waals surface area contributed by atoms with Gasteiger partial charge in [-0.1, -0.05) is 36.5 Å². The topological polar surface area (TPSA) is 38.0 Å². The fraction of sp³-hybridized carbons (Fsp3) is 0.538. The molecule has 2 nitrogen and oxygen atoms in total. The summed E-state index contributed by atoms with van der Waals surface area (Å²) in [6, 6.07) is 3.75. The van der Waals surface area contributed by atoms with Crippen molar-refractivity contribution in [2.75, 3.05) is 12.3 Å². The molecule has 0 aromatic heterocycles. The summed E-state index contributed by atoms with van der Waals surface area (Å²) >= 11 is 12.0. The molecule has 0 amide bonds. The Balaban J connectivity index is 1.90. The molecule has 1 aliphatic rings. The van der Waals surface area contributed by atoms with E-state index in [1.165, 1.54) is 19.3 Å². The van der Waals surface area contributed by atoms with Gasteiger partial charge < -0.3 is 11.1 Å². The summed E-state index contributed by atoms with van der Waals surface area (Å²) in [6.07, 6.45) is 4.00. The summed E-state index contributed by atoms with van der Waals surface area (Å²) in [5.74, 6) is 0. The SMILES string of the molecule is CC1(CNCc2cc(Cl)c(N)c(Cl)c2)CCC1. The van der Waals surface area contributed by atoms with Gasteiger partial charge in [0.05, 0.1) is 15.7 Å². The van der Waals surface area contributed by atoms with Crippen molar-refractivity contribution in [2.24, 2.45) is 5.41 Å². The Hall–Kier alpha value is -0.440. The van der Waals surface area contributed by atoms with Crippen LogP contribution in [-0.4, -0.2) is 6.54 Å². The normalized spacial score (nSPS) is 17.8. The second kappa shape index (κ2) is 5.05. The van der Waals surface area contributed by atoms with Crippen molar-refractivity contribution >= 4 is 28.9 Å². The minimum atomic E-state index is 0.461. The fourth-order valence-electron chi connectivity index (χ4n) is 2.20. The Morgan fingerprint density at radius 2 is 1.88 bits per heavy atom. The number of hydrogen-bond donors (Lipinski definition) is 2. The summed E-state index contributed by atoms with van der Waals surface area (Å²) in [6.45, 7) is 4.16. The highest BCUT2D eigenvalue weighted by Crippen LogP contribution is 2.39. The number of rotatable bonds is 4. The van der Waals surface area contributed by atoms with E-state index in [1.807, 2.05) is 12.1 Å². The van der Waals surface area contributed by atoms with Gasteiger partial charge in [-0.25, -0.2) is 0 Å². The van der Waals surface area contributed by atoms with Crippen molar-refractivity contribution in [2.45, 2.75) is 32.7 Å². The Morgan fingerprint density at radius 3 is 2.35 bits per heavy atom. The van der Waals surface area contributed by atoms with Gasteiger partial charge in [0, 0.05) is 13.1 Å². The summed E-state index contributed by atoms with van der Waals surface area (Å²) in [4.78, 5) is 0. The summed E-state index contributed by atoms with van der Waals surface area (Å²) in [5, 5.41) is 4.52. The van der Waals surface area contributed by atoms with Gasteiger partial charge in [0.1, 0.15) is 0 Å². The maximum Gasteiger partial charge on any atom is 0.0693 e. The van der Waals surface area contributed by atoms with Gasteiger partial charge in [0.2, 0.25) is 0 Å². The first-order valence-corrected chi connectivity index (χ1v) is 6.70. The van der Waals surface area contributed by atoms with Crippen LogP contribution in [-0.2, 0) is 6.54 Å². The van der Waals surface area contributed by atoms with E-state index in [0.717, 1.165) is 18.7 Å². The van der Waals surface area contributed by atoms with Crippen LogP contribution in [0.5, 0.6) is 0 Å². The molecule has 0 heterocycles. The van der Waals surface area contributed by atoms with Gasteiger partial charge in [0.25, 0.3) is 0 Å². The molecule has 2 rings (SSSR count). The first-order chi connectivity index (χ1) is 8.00. The molecule has 0 radical (unpaired) electrons. The van der Waals surface area contributed by atoms with E-state index in [2.05, 4.69) is 12.2 Å². The second-order valence-corrected chi connectivity index (χ2v) is 6.06. The van der Waals surface area contributed by atoms with Crippen LogP contribution >= 0.6 is 23.2 Å². The molecular weight excluding hydrogens is 255 g/mol. The molecule has 94 valence electrons. The molecule has 0 saturated heterocycles. The largest absolute Gasteiger partial charge is 0.396 e. The Labute approximate surface area is 112 Å². The maximum atomic E-state index is 5.99. The number of anilines is 1. The van der Waals surface area contributed by atoms with E-state index in [4.69, 9.17) is 28.9 Å². The van der Waals surface area contributed by atoms with Gasteiger partial charge in [-0.3, -0.25) is 0 Å². The molecule has 17 heavy (non-hydrogen) atoms. The molecule has 4 heteroatoms. The highest BCUT2D eigenvalue weighted by molar-refractivity contribution is 6.38. The first-order valence-electron chi connectivity index (χ1n) is 5.94. The average molecular weight is 273 g/mol. The van der Waals surface area contributed by atoms with Gasteiger partial charge in [0.15, 0.2) is 0 Å². The lowest BCUT2D eigenvalue weighted by atomic mass is 9.70. The molecule has 1 aromatic carbocycles. The fourth-order valence-corrected chi connectivity index (χ4v) is 2.74. The van der Waals surface area contributed by atoms with Crippen molar-refractivity contribution in [1.29, 1.82) is 0 Å². The molecular formula is C13H18Cl2N2. The number of benzene rings is 1. The predicted octanol–water partition coefficient (Wildman–Crippen LogP) is 3.86. The summed E-state index contributed by atoms with van der Waals surface area (Å²) in [5.41, 5.74) is 7.72. The Kier molecular flexibility index (Phi) is 3.86. The third-order valence-electron chi connectivity index (χ3n) is 3.58. The molecule has 1 saturated carbocycles. The molecule has 1 aromatic rings. The van der Waals surface area contributed by atoms with Crippen LogP contribution in [0.15, 0.2) is 12.1 Å². The molecule has 1 fully saturated rings. The van der Waals surface area contributed by atoms with Crippen molar-refractivity contribution in [3.8, 4) is 0 Å². The van der Waals surface area contributed by atoms with Crippen LogP contribution in [0.3, 0.4) is 0 Å². The standard InChI is InChI=1S/C13H18Cl2N2/c1-13(3-2-4-13)8-17-7-9-5-10(14)12(16)11(15)6-9/h5-6,17H,2-4,7-8,16H2,1H3. The zero-order valence-electron chi connectivity index (χ0n) is 10.0. The van der Waals surface area contributed by atoms with Gasteiger partial charge in [-0.15, -0.1) is 0 Å². The van der Waals surface area contributed by atoms with E-state index >= 15 is 0 Å². The molecule has 0 spiro atoms. The van der Waals surface area contributed by atoms with E-state index in [-0.39, 0.29) is 0 Å². The maximum absolute atomic E-state index is 5.99. The zero-order chi connectivity index (χ0) is 12.5. The number of hydrogen-bond acceptors (Lipinski definition) is 2. The van der Waals surface area contributed by atoms with Crippen molar-refractivity contribution < 1.29 is 0 Å². The molecule has 0 aliphatic heterocycles. The molecule has 0 unspecified atom stereocenters. The third kappa shape index (κ3) is 3.06. The lowest BCUT2D eigenvalue weighted by Crippen LogP contribution is -2.36. The Morgan fingerprint density at radius 1 is 1.29 bits per heavy atom. The predicted molar refractivity (Wildman–Crippen MR) is 74.5 cm³/mol. The van der Waals surface area contributed by atoms with Crippen LogP contribution in [0, 0.1) is 5.41 Å². The monoisotopic (exact) mass is 272 g/mol. The van der Waals surface area contributed by atoms with E-state index < -0.39 is 0 Å². The lowest BCUT2D eigenvalue weighted by molar-refractivity contribution is 0.156. The first kappa shape index (κ1) is 13.0. The van der Waals surface area contributed by atoms with E-state index in [0.29, 0.717) is 21.1 Å². The zero-order valence-corrected chi connectivity index (χ0v) is 11.5. The average Bonchev–Trinajstić information content (AvgIpc) is 2.23. The molecule has 3 N–H and O–H groups in total. The van der Waals surface area contributed by atoms with Crippen LogP contribution in [0.25, 0.3) is 0 Å². The van der Waals surface area contributed by atoms with Gasteiger partial charge in [-0.2, -0.15) is 0 Å². The molecule has 0 atom stereocenters. The third-order valence-corrected chi connectivity index (χ3v) is 4.21. The summed E-state index contributed by atoms with van der Waals surface area (Å²) in [7, 11) is 0. The number of nitrogens with two attached hydrogens (primary N) is 1. The number of halogens is 2. The van der Waals surface area contributed by atoms with Crippen molar-refractivity contribution in [3.05, 3.63) is 27.7 Å². The van der Waals surface area contributed by atoms with Crippen LogP contribution in [0.1, 0.15) is 31.7 Å². The quantitative estimate of drug-likeness (QED) is 0.817. The minimum Gasteiger partial charge on any atom is -0.396 e. The van der Waals surface area contributed by atoms with Crippen LogP contribution in [0.4, 0.5) is 5.69 Å². The Bertz CT molecular complexity index is 391. The van der Waals surface area contributed by atoms with Gasteiger partial charge in [-0.05, 0) is 36.0 Å². The van der Waals surface area contributed by atoms with E-state index in [1.54, 1.807) is 0 Å². The lowest BCUT2D eigenvalue weighted by Gasteiger charge is -2.38. The number of nitrogens with one attached hydrogen (secondary N) is 1. The smallest absolute Gasteiger partial charge is 0.0693 e. The van der Waals surface area contributed by atoms with Crippen LogP contribution < -0.4 is 11.1 Å².